The number of hydrogen-bond donors (Lipinski definition) is 2. The van der Waals surface area contributed by atoms with E-state index in [-0.39, 0.29) is 62.1 Å². The zero-order chi connectivity index (χ0) is 25.3. The summed E-state index contributed by atoms with van der Waals surface area (Å²) in [6.07, 6.45) is -4.85. The number of sulfonamides is 2. The molecule has 1 heterocycles. The van der Waals surface area contributed by atoms with Crippen LogP contribution in [0.2, 0.25) is 0 Å². The summed E-state index contributed by atoms with van der Waals surface area (Å²) in [4.78, 5) is -0.874. The Morgan fingerprint density at radius 1 is 0.889 bits per heavy atom. The Morgan fingerprint density at radius 2 is 1.58 bits per heavy atom. The van der Waals surface area contributed by atoms with E-state index in [1.165, 1.54) is 36.4 Å². The van der Waals surface area contributed by atoms with Gasteiger partial charge in [0.15, 0.2) is 0 Å². The van der Waals surface area contributed by atoms with Gasteiger partial charge in [0, 0.05) is 11.1 Å². The van der Waals surface area contributed by atoms with Gasteiger partial charge in [-0.1, -0.05) is 48.5 Å². The molecule has 4 aromatic rings. The fraction of sp³-hybridized carbons (Fsp3) is 0.0500. The molecule has 4 rings (SSSR count). The minimum Gasteiger partial charge on any atom is -0.572 e. The molecule has 0 unspecified atom stereocenters. The smallest absolute Gasteiger partial charge is 0.572 e. The molecule has 182 valence electrons. The third kappa shape index (κ3) is 6.31. The van der Waals surface area contributed by atoms with Crippen LogP contribution in [0.5, 0.6) is 0 Å². The number of aromatic amines is 1. The van der Waals surface area contributed by atoms with Crippen molar-refractivity contribution < 1.29 is 81.4 Å². The van der Waals surface area contributed by atoms with Crippen LogP contribution in [-0.4, -0.2) is 37.5 Å². The predicted octanol–water partition coefficient (Wildman–Crippen LogP) is 1.08. The Labute approximate surface area is 246 Å². The standard InChI is InChI=1S/C20H14F3N6O4S2.K/c21-20(22,23)15-8-1-2-9-16(15)26-35(32,33)18-11-4-3-10-17(18)27-34(30,31)14-7-5-6-13(12-14)19-24-28-29-25-19;/h1-12,27H,(H,24,25,28,29);/q-1;+1. The molecule has 0 saturated carbocycles. The first-order valence-corrected chi connectivity index (χ1v) is 12.5. The number of nitrogens with one attached hydrogen (secondary N) is 2. The molecule has 0 aliphatic rings. The van der Waals surface area contributed by atoms with Gasteiger partial charge < -0.3 is 4.72 Å². The van der Waals surface area contributed by atoms with Crippen LogP contribution in [-0.2, 0) is 26.2 Å². The van der Waals surface area contributed by atoms with Gasteiger partial charge >= 0.3 is 57.6 Å². The number of para-hydroxylation sites is 1. The summed E-state index contributed by atoms with van der Waals surface area (Å²) in [5.74, 6) is 0.132. The fourth-order valence-corrected chi connectivity index (χ4v) is 5.39. The van der Waals surface area contributed by atoms with E-state index in [0.717, 1.165) is 24.3 Å². The van der Waals surface area contributed by atoms with E-state index >= 15 is 0 Å². The average molecular weight is 563 g/mol. The second-order valence-corrected chi connectivity index (χ2v) is 10.2. The van der Waals surface area contributed by atoms with Crippen LogP contribution in [0.25, 0.3) is 16.1 Å². The molecule has 2 N–H and O–H groups in total. The minimum atomic E-state index is -4.85. The Hall–Kier alpha value is -2.34. The number of hydrogen-bond acceptors (Lipinski definition) is 7. The molecule has 0 aliphatic carbocycles. The van der Waals surface area contributed by atoms with Gasteiger partial charge in [0.1, 0.15) is 10.0 Å². The van der Waals surface area contributed by atoms with E-state index in [9.17, 15) is 30.0 Å². The van der Waals surface area contributed by atoms with Crippen LogP contribution in [0.15, 0.2) is 82.6 Å². The summed E-state index contributed by atoms with van der Waals surface area (Å²) in [6, 6.07) is 14.2. The molecule has 0 atom stereocenters. The SMILES string of the molecule is O=S(=O)([N-]c1ccccc1C(F)(F)F)c1ccccc1NS(=O)(=O)c1cccc(-c2nn[nH]n2)c1.[K+]. The molecule has 3 aromatic carbocycles. The number of alkyl halides is 3. The fourth-order valence-electron chi connectivity index (χ4n) is 3.04. The van der Waals surface area contributed by atoms with Crippen molar-refractivity contribution in [3.8, 4) is 11.4 Å². The third-order valence-corrected chi connectivity index (χ3v) is 7.30. The Bertz CT molecular complexity index is 1580. The number of rotatable bonds is 7. The first kappa shape index (κ1) is 28.2. The number of anilines is 1. The summed E-state index contributed by atoms with van der Waals surface area (Å²) >= 11 is 0. The maximum Gasteiger partial charge on any atom is 1.00 e. The zero-order valence-electron chi connectivity index (χ0n) is 18.3. The summed E-state index contributed by atoms with van der Waals surface area (Å²) < 4.78 is 97.2. The van der Waals surface area contributed by atoms with E-state index < -0.39 is 48.1 Å². The average Bonchev–Trinajstić information content (AvgIpc) is 3.34. The monoisotopic (exact) mass is 562 g/mol. The second-order valence-electron chi connectivity index (χ2n) is 6.95. The normalized spacial score (nSPS) is 12.0. The minimum absolute atomic E-state index is 0. The quantitative estimate of drug-likeness (QED) is 0.320. The maximum absolute atomic E-state index is 13.3. The molecular weight excluding hydrogens is 548 g/mol. The van der Waals surface area contributed by atoms with Crippen molar-refractivity contribution in [3.63, 3.8) is 0 Å². The van der Waals surface area contributed by atoms with Crippen molar-refractivity contribution in [2.45, 2.75) is 16.0 Å². The van der Waals surface area contributed by atoms with Gasteiger partial charge in [-0.3, -0.25) is 4.72 Å². The summed E-state index contributed by atoms with van der Waals surface area (Å²) in [5, 5.41) is 13.2. The second kappa shape index (κ2) is 11.0. The van der Waals surface area contributed by atoms with Crippen molar-refractivity contribution in [3.05, 3.63) is 83.1 Å². The molecule has 0 saturated heterocycles. The van der Waals surface area contributed by atoms with Gasteiger partial charge in [0.2, 0.25) is 5.82 Å². The number of aromatic nitrogens is 4. The van der Waals surface area contributed by atoms with Crippen molar-refractivity contribution in [2.24, 2.45) is 0 Å². The molecule has 0 spiro atoms. The summed E-state index contributed by atoms with van der Waals surface area (Å²) in [5.41, 5.74) is -2.16. The zero-order valence-corrected chi connectivity index (χ0v) is 23.1. The van der Waals surface area contributed by atoms with Crippen LogP contribution >= 0.6 is 0 Å². The van der Waals surface area contributed by atoms with Gasteiger partial charge in [-0.25, -0.2) is 16.8 Å². The van der Waals surface area contributed by atoms with Crippen LogP contribution in [0, 0.1) is 0 Å². The molecule has 0 radical (unpaired) electrons. The van der Waals surface area contributed by atoms with Gasteiger partial charge in [-0.2, -0.15) is 18.4 Å². The molecule has 1 aromatic heterocycles. The number of nitrogens with zero attached hydrogens (tertiary/aromatic N) is 4. The first-order chi connectivity index (χ1) is 16.5. The summed E-state index contributed by atoms with van der Waals surface area (Å²) in [6.45, 7) is 0. The summed E-state index contributed by atoms with van der Waals surface area (Å²) in [7, 11) is -9.10. The molecule has 36 heavy (non-hydrogen) atoms. The number of tetrazole rings is 1. The largest absolute Gasteiger partial charge is 1.00 e. The third-order valence-electron chi connectivity index (χ3n) is 4.59. The molecule has 0 amide bonds. The molecular formula is C20H14F3KN6O4S2. The van der Waals surface area contributed by atoms with Crippen molar-refractivity contribution in [1.82, 2.24) is 20.6 Å². The molecule has 16 heteroatoms. The van der Waals surface area contributed by atoms with Crippen LogP contribution in [0.1, 0.15) is 5.56 Å². The molecule has 0 fully saturated rings. The Morgan fingerprint density at radius 3 is 2.28 bits per heavy atom. The van der Waals surface area contributed by atoms with Gasteiger partial charge in [-0.15, -0.1) is 15.9 Å². The van der Waals surface area contributed by atoms with Crippen molar-refractivity contribution in [2.75, 3.05) is 4.72 Å². The van der Waals surface area contributed by atoms with E-state index in [2.05, 4.69) is 30.1 Å². The van der Waals surface area contributed by atoms with E-state index in [1.54, 1.807) is 6.07 Å². The van der Waals surface area contributed by atoms with E-state index in [4.69, 9.17) is 0 Å². The number of H-pyrrole nitrogens is 1. The first-order valence-electron chi connectivity index (χ1n) is 9.57. The van der Waals surface area contributed by atoms with Crippen LogP contribution in [0.3, 0.4) is 0 Å². The van der Waals surface area contributed by atoms with Gasteiger partial charge in [-0.05, 0) is 29.5 Å². The van der Waals surface area contributed by atoms with Gasteiger partial charge in [0.05, 0.1) is 15.5 Å². The molecule has 10 nitrogen and oxygen atoms in total. The number of benzene rings is 3. The van der Waals surface area contributed by atoms with E-state index in [1.807, 2.05) is 0 Å². The number of halogens is 3. The molecule has 0 aliphatic heterocycles. The predicted molar refractivity (Wildman–Crippen MR) is 119 cm³/mol. The maximum atomic E-state index is 13.3. The van der Waals surface area contributed by atoms with Crippen molar-refractivity contribution >= 4 is 31.4 Å². The Kier molecular flexibility index (Phi) is 8.59. The topological polar surface area (TPSA) is 149 Å². The molecule has 0 bridgehead atoms. The van der Waals surface area contributed by atoms with Crippen LogP contribution in [0.4, 0.5) is 24.5 Å². The van der Waals surface area contributed by atoms with Crippen LogP contribution < -0.4 is 56.1 Å². The van der Waals surface area contributed by atoms with Gasteiger partial charge in [0.25, 0.3) is 10.0 Å². The Balaban J connectivity index is 0.00000361. The van der Waals surface area contributed by atoms with Crippen molar-refractivity contribution in [1.29, 1.82) is 0 Å². The van der Waals surface area contributed by atoms with E-state index in [0.29, 0.717) is 11.6 Å².